The van der Waals surface area contributed by atoms with E-state index in [4.69, 9.17) is 15.6 Å². The Morgan fingerprint density at radius 3 is 3.00 bits per heavy atom. The molecule has 6 heteroatoms. The summed E-state index contributed by atoms with van der Waals surface area (Å²) in [6.07, 6.45) is 0.960. The van der Waals surface area contributed by atoms with E-state index in [1.807, 2.05) is 11.8 Å². The molecule has 1 aliphatic rings. The fraction of sp³-hybridized carbons (Fsp3) is 0.462. The number of anilines is 2. The fourth-order valence-corrected chi connectivity index (χ4v) is 2.20. The molecule has 0 bridgehead atoms. The molecule has 1 fully saturated rings. The maximum absolute atomic E-state index is 13.7. The molecule has 0 aromatic heterocycles. The van der Waals surface area contributed by atoms with Crippen LogP contribution in [-0.4, -0.2) is 36.9 Å². The molecule has 0 saturated carbocycles. The van der Waals surface area contributed by atoms with Crippen molar-refractivity contribution in [2.75, 3.05) is 30.3 Å². The van der Waals surface area contributed by atoms with Gasteiger partial charge in [0.25, 0.3) is 0 Å². The zero-order chi connectivity index (χ0) is 14.0. The maximum atomic E-state index is 13.7. The highest BCUT2D eigenvalue weighted by molar-refractivity contribution is 5.91. The number of rotatable bonds is 3. The van der Waals surface area contributed by atoms with Gasteiger partial charge in [0.05, 0.1) is 29.6 Å². The number of halogens is 1. The highest BCUT2D eigenvalue weighted by Crippen LogP contribution is 2.28. The predicted molar refractivity (Wildman–Crippen MR) is 70.0 cm³/mol. The van der Waals surface area contributed by atoms with E-state index in [2.05, 4.69) is 0 Å². The number of ether oxygens (including phenoxy) is 1. The van der Waals surface area contributed by atoms with Gasteiger partial charge in [0, 0.05) is 19.2 Å². The van der Waals surface area contributed by atoms with E-state index >= 15 is 0 Å². The number of morpholine rings is 1. The minimum atomic E-state index is -1.32. The third-order valence-electron chi connectivity index (χ3n) is 3.28. The Kier molecular flexibility index (Phi) is 3.90. The first kappa shape index (κ1) is 13.6. The molecule has 0 aliphatic carbocycles. The zero-order valence-electron chi connectivity index (χ0n) is 10.7. The van der Waals surface area contributed by atoms with Crippen molar-refractivity contribution < 1.29 is 19.0 Å². The van der Waals surface area contributed by atoms with E-state index in [9.17, 15) is 9.18 Å². The SMILES string of the molecule is CCC1CN(c2cc(F)c(C(=O)O)cc2N)CCO1. The van der Waals surface area contributed by atoms with Gasteiger partial charge in [-0.3, -0.25) is 0 Å². The topological polar surface area (TPSA) is 75.8 Å². The van der Waals surface area contributed by atoms with Crippen LogP contribution in [0.1, 0.15) is 23.7 Å². The van der Waals surface area contributed by atoms with Crippen molar-refractivity contribution >= 4 is 17.3 Å². The van der Waals surface area contributed by atoms with Crippen molar-refractivity contribution in [2.45, 2.75) is 19.4 Å². The number of nitrogens with two attached hydrogens (primary N) is 1. The lowest BCUT2D eigenvalue weighted by Gasteiger charge is -2.34. The molecule has 5 nitrogen and oxygen atoms in total. The normalized spacial score (nSPS) is 19.5. The molecule has 3 N–H and O–H groups in total. The van der Waals surface area contributed by atoms with Crippen molar-refractivity contribution in [1.82, 2.24) is 0 Å². The first-order chi connectivity index (χ1) is 9.02. The van der Waals surface area contributed by atoms with Gasteiger partial charge in [0.1, 0.15) is 5.82 Å². The number of hydrogen-bond acceptors (Lipinski definition) is 4. The van der Waals surface area contributed by atoms with Gasteiger partial charge in [-0.2, -0.15) is 0 Å². The number of carboxylic acid groups (broad SMARTS) is 1. The van der Waals surface area contributed by atoms with E-state index in [-0.39, 0.29) is 11.8 Å². The lowest BCUT2D eigenvalue weighted by Crippen LogP contribution is -2.42. The molecule has 1 aliphatic heterocycles. The van der Waals surface area contributed by atoms with Gasteiger partial charge < -0.3 is 20.5 Å². The van der Waals surface area contributed by atoms with Gasteiger partial charge in [-0.05, 0) is 12.5 Å². The van der Waals surface area contributed by atoms with Crippen molar-refractivity contribution in [1.29, 1.82) is 0 Å². The third kappa shape index (κ3) is 2.78. The lowest BCUT2D eigenvalue weighted by molar-refractivity contribution is 0.0384. The highest BCUT2D eigenvalue weighted by Gasteiger charge is 2.23. The van der Waals surface area contributed by atoms with Crippen LogP contribution >= 0.6 is 0 Å². The highest BCUT2D eigenvalue weighted by atomic mass is 19.1. The first-order valence-electron chi connectivity index (χ1n) is 6.21. The molecule has 1 heterocycles. The summed E-state index contributed by atoms with van der Waals surface area (Å²) in [5, 5.41) is 8.84. The quantitative estimate of drug-likeness (QED) is 0.816. The molecular weight excluding hydrogens is 251 g/mol. The predicted octanol–water partition coefficient (Wildman–Crippen LogP) is 1.72. The molecule has 1 atom stereocenters. The summed E-state index contributed by atoms with van der Waals surface area (Å²) in [4.78, 5) is 12.8. The summed E-state index contributed by atoms with van der Waals surface area (Å²) in [7, 11) is 0. The van der Waals surface area contributed by atoms with Crippen LogP contribution in [-0.2, 0) is 4.74 Å². The van der Waals surface area contributed by atoms with Crippen molar-refractivity contribution in [3.05, 3.63) is 23.5 Å². The molecule has 1 aromatic carbocycles. The maximum Gasteiger partial charge on any atom is 0.338 e. The first-order valence-corrected chi connectivity index (χ1v) is 6.21. The van der Waals surface area contributed by atoms with E-state index in [0.717, 1.165) is 6.42 Å². The number of hydrogen-bond donors (Lipinski definition) is 2. The minimum Gasteiger partial charge on any atom is -0.478 e. The molecule has 1 saturated heterocycles. The summed E-state index contributed by atoms with van der Waals surface area (Å²) < 4.78 is 19.3. The monoisotopic (exact) mass is 268 g/mol. The summed E-state index contributed by atoms with van der Waals surface area (Å²) in [5.41, 5.74) is 6.24. The van der Waals surface area contributed by atoms with Gasteiger partial charge >= 0.3 is 5.97 Å². The third-order valence-corrected chi connectivity index (χ3v) is 3.28. The van der Waals surface area contributed by atoms with Crippen LogP contribution in [0.25, 0.3) is 0 Å². The molecular formula is C13H17FN2O3. The molecule has 19 heavy (non-hydrogen) atoms. The average Bonchev–Trinajstić information content (AvgIpc) is 2.40. The van der Waals surface area contributed by atoms with Gasteiger partial charge in [-0.15, -0.1) is 0 Å². The van der Waals surface area contributed by atoms with Crippen molar-refractivity contribution in [3.8, 4) is 0 Å². The van der Waals surface area contributed by atoms with E-state index in [0.29, 0.717) is 25.4 Å². The fourth-order valence-electron chi connectivity index (χ4n) is 2.20. The van der Waals surface area contributed by atoms with Gasteiger partial charge in [0.2, 0.25) is 0 Å². The van der Waals surface area contributed by atoms with E-state index in [1.54, 1.807) is 0 Å². The Morgan fingerprint density at radius 2 is 2.37 bits per heavy atom. The Hall–Kier alpha value is -1.82. The van der Waals surface area contributed by atoms with Crippen LogP contribution in [0.5, 0.6) is 0 Å². The van der Waals surface area contributed by atoms with E-state index in [1.165, 1.54) is 12.1 Å². The summed E-state index contributed by atoms with van der Waals surface area (Å²) in [6, 6.07) is 2.36. The molecule has 1 aromatic rings. The van der Waals surface area contributed by atoms with Crippen LogP contribution in [0, 0.1) is 5.82 Å². The summed E-state index contributed by atoms with van der Waals surface area (Å²) in [5.74, 6) is -2.08. The Bertz CT molecular complexity index is 493. The van der Waals surface area contributed by atoms with E-state index < -0.39 is 17.3 Å². The minimum absolute atomic E-state index is 0.0929. The second-order valence-electron chi connectivity index (χ2n) is 4.54. The van der Waals surface area contributed by atoms with Gasteiger partial charge in [0.15, 0.2) is 0 Å². The largest absolute Gasteiger partial charge is 0.478 e. The van der Waals surface area contributed by atoms with Crippen LogP contribution in [0.2, 0.25) is 0 Å². The second-order valence-corrected chi connectivity index (χ2v) is 4.54. The molecule has 0 radical (unpaired) electrons. The number of carboxylic acids is 1. The zero-order valence-corrected chi connectivity index (χ0v) is 10.7. The molecule has 1 unspecified atom stereocenters. The molecule has 104 valence electrons. The number of nitrogens with zero attached hydrogens (tertiary/aromatic N) is 1. The Labute approximate surface area is 110 Å². The van der Waals surface area contributed by atoms with Gasteiger partial charge in [-0.1, -0.05) is 6.92 Å². The van der Waals surface area contributed by atoms with Crippen molar-refractivity contribution in [3.63, 3.8) is 0 Å². The second kappa shape index (κ2) is 5.44. The number of aromatic carboxylic acids is 1. The average molecular weight is 268 g/mol. The van der Waals surface area contributed by atoms with Crippen LogP contribution in [0.4, 0.5) is 15.8 Å². The Balaban J connectivity index is 2.30. The Morgan fingerprint density at radius 1 is 1.63 bits per heavy atom. The van der Waals surface area contributed by atoms with Crippen LogP contribution in [0.15, 0.2) is 12.1 Å². The molecule has 2 rings (SSSR count). The number of carbonyl (C=O) groups is 1. The summed E-state index contributed by atoms with van der Waals surface area (Å²) in [6.45, 7) is 3.82. The smallest absolute Gasteiger partial charge is 0.338 e. The lowest BCUT2D eigenvalue weighted by atomic mass is 10.1. The van der Waals surface area contributed by atoms with Crippen LogP contribution < -0.4 is 10.6 Å². The molecule has 0 amide bonds. The van der Waals surface area contributed by atoms with Crippen LogP contribution in [0.3, 0.4) is 0 Å². The van der Waals surface area contributed by atoms with Gasteiger partial charge in [-0.25, -0.2) is 9.18 Å². The summed E-state index contributed by atoms with van der Waals surface area (Å²) >= 11 is 0. The standard InChI is InChI=1S/C13H17FN2O3/c1-2-8-7-16(3-4-19-8)12-6-10(14)9(13(17)18)5-11(12)15/h5-6,8H,2-4,7,15H2,1H3,(H,17,18). The van der Waals surface area contributed by atoms with Crippen molar-refractivity contribution in [2.24, 2.45) is 0 Å². The molecule has 0 spiro atoms. The number of benzene rings is 1. The number of nitrogen functional groups attached to an aromatic ring is 1.